The number of benzene rings is 1. The van der Waals surface area contributed by atoms with E-state index < -0.39 is 11.7 Å². The Morgan fingerprint density at radius 2 is 1.94 bits per heavy atom. The second kappa shape index (κ2) is 9.35. The third-order valence-electron chi connectivity index (χ3n) is 5.96. The number of rotatable bonds is 4. The Labute approximate surface area is 190 Å². The number of hydrogen-bond acceptors (Lipinski definition) is 4. The maximum atomic E-state index is 12.8. The van der Waals surface area contributed by atoms with Crippen molar-refractivity contribution in [2.45, 2.75) is 19.5 Å². The van der Waals surface area contributed by atoms with Crippen molar-refractivity contribution in [3.8, 4) is 0 Å². The zero-order valence-electron chi connectivity index (χ0n) is 18.3. The molecule has 0 radical (unpaired) electrons. The molecule has 2 amide bonds. The standard InChI is InChI=1S/C24H25F3N4O2/c1-17-3-2-4-19(13-17)18-7-9-30(10-8-18)22(32)15-29-11-12-31(23(33)16-29)21-6-5-20(14-28-21)24(25,26)27/h2-7,13-14H,8-12,15-16H2,1H3. The van der Waals surface area contributed by atoms with Crippen LogP contribution in [0.1, 0.15) is 23.1 Å². The van der Waals surface area contributed by atoms with E-state index in [0.29, 0.717) is 19.6 Å². The van der Waals surface area contributed by atoms with Crippen molar-refractivity contribution in [1.82, 2.24) is 14.8 Å². The van der Waals surface area contributed by atoms with Crippen LogP contribution < -0.4 is 4.90 Å². The summed E-state index contributed by atoms with van der Waals surface area (Å²) in [5.74, 6) is -0.145. The van der Waals surface area contributed by atoms with Gasteiger partial charge < -0.3 is 4.90 Å². The smallest absolute Gasteiger partial charge is 0.338 e. The fraction of sp³-hybridized carbons (Fsp3) is 0.375. The molecule has 3 heterocycles. The highest BCUT2D eigenvalue weighted by molar-refractivity contribution is 5.95. The quantitative estimate of drug-likeness (QED) is 0.705. The highest BCUT2D eigenvalue weighted by atomic mass is 19.4. The van der Waals surface area contributed by atoms with Gasteiger partial charge in [0.1, 0.15) is 5.82 Å². The molecule has 1 fully saturated rings. The predicted molar refractivity (Wildman–Crippen MR) is 118 cm³/mol. The van der Waals surface area contributed by atoms with Gasteiger partial charge in [-0.25, -0.2) is 4.98 Å². The number of aryl methyl sites for hydroxylation is 1. The van der Waals surface area contributed by atoms with Gasteiger partial charge in [0.15, 0.2) is 0 Å². The van der Waals surface area contributed by atoms with Crippen LogP contribution in [0.4, 0.5) is 19.0 Å². The van der Waals surface area contributed by atoms with E-state index >= 15 is 0 Å². The number of alkyl halides is 3. The first-order chi connectivity index (χ1) is 15.7. The van der Waals surface area contributed by atoms with E-state index in [-0.39, 0.29) is 37.3 Å². The van der Waals surface area contributed by atoms with Gasteiger partial charge in [0, 0.05) is 32.4 Å². The molecule has 0 atom stereocenters. The van der Waals surface area contributed by atoms with Gasteiger partial charge in [-0.2, -0.15) is 13.2 Å². The topological polar surface area (TPSA) is 56.8 Å². The number of halogens is 3. The summed E-state index contributed by atoms with van der Waals surface area (Å²) < 4.78 is 38.2. The van der Waals surface area contributed by atoms with Gasteiger partial charge >= 0.3 is 6.18 Å². The number of aromatic nitrogens is 1. The molecule has 174 valence electrons. The van der Waals surface area contributed by atoms with Crippen molar-refractivity contribution in [2.24, 2.45) is 0 Å². The SMILES string of the molecule is Cc1cccc(C2=CCN(C(=O)CN3CCN(c4ccc(C(F)(F)F)cn4)C(=O)C3)CC2)c1. The van der Waals surface area contributed by atoms with Crippen molar-refractivity contribution >= 4 is 23.2 Å². The van der Waals surface area contributed by atoms with E-state index in [2.05, 4.69) is 36.2 Å². The minimum absolute atomic E-state index is 0.0205. The molecule has 0 aliphatic carbocycles. The highest BCUT2D eigenvalue weighted by Gasteiger charge is 2.32. The molecule has 4 rings (SSSR count). The highest BCUT2D eigenvalue weighted by Crippen LogP contribution is 2.29. The lowest BCUT2D eigenvalue weighted by atomic mass is 9.98. The molecule has 6 nitrogen and oxygen atoms in total. The van der Waals surface area contributed by atoms with Crippen LogP contribution in [0.2, 0.25) is 0 Å². The molecule has 2 aliphatic rings. The number of amides is 2. The van der Waals surface area contributed by atoms with Crippen molar-refractivity contribution in [2.75, 3.05) is 44.2 Å². The first-order valence-electron chi connectivity index (χ1n) is 10.8. The van der Waals surface area contributed by atoms with Crippen LogP contribution in [0.5, 0.6) is 0 Å². The lowest BCUT2D eigenvalue weighted by molar-refractivity contribution is -0.138. The molecule has 0 bridgehead atoms. The Bertz CT molecular complexity index is 1070. The Morgan fingerprint density at radius 1 is 1.12 bits per heavy atom. The van der Waals surface area contributed by atoms with Crippen LogP contribution in [0, 0.1) is 6.92 Å². The molecule has 1 aromatic carbocycles. The van der Waals surface area contributed by atoms with Gasteiger partial charge in [0.25, 0.3) is 0 Å². The molecule has 1 saturated heterocycles. The lowest BCUT2D eigenvalue weighted by Gasteiger charge is -2.35. The number of carbonyl (C=O) groups excluding carboxylic acids is 2. The number of hydrogen-bond donors (Lipinski definition) is 0. The molecule has 0 unspecified atom stereocenters. The molecular weight excluding hydrogens is 433 g/mol. The Kier molecular flexibility index (Phi) is 6.51. The van der Waals surface area contributed by atoms with Gasteiger partial charge in [-0.3, -0.25) is 19.4 Å². The van der Waals surface area contributed by atoms with Gasteiger partial charge in [-0.15, -0.1) is 0 Å². The maximum Gasteiger partial charge on any atom is 0.417 e. The molecule has 2 aromatic rings. The number of piperazine rings is 1. The van der Waals surface area contributed by atoms with Crippen LogP contribution in [-0.4, -0.2) is 65.9 Å². The van der Waals surface area contributed by atoms with E-state index in [1.807, 2.05) is 6.07 Å². The molecule has 2 aliphatic heterocycles. The first-order valence-corrected chi connectivity index (χ1v) is 10.8. The monoisotopic (exact) mass is 458 g/mol. The first kappa shape index (κ1) is 23.0. The zero-order chi connectivity index (χ0) is 23.6. The number of carbonyl (C=O) groups is 2. The summed E-state index contributed by atoms with van der Waals surface area (Å²) in [5, 5.41) is 0. The van der Waals surface area contributed by atoms with Gasteiger partial charge in [0.05, 0.1) is 18.7 Å². The minimum Gasteiger partial charge on any atom is -0.338 e. The molecule has 0 N–H and O–H groups in total. The predicted octanol–water partition coefficient (Wildman–Crippen LogP) is 3.37. The van der Waals surface area contributed by atoms with Crippen LogP contribution in [-0.2, 0) is 15.8 Å². The Hall–Kier alpha value is -3.20. The maximum absolute atomic E-state index is 12.8. The van der Waals surface area contributed by atoms with Gasteiger partial charge in [-0.1, -0.05) is 35.9 Å². The van der Waals surface area contributed by atoms with Crippen LogP contribution in [0.25, 0.3) is 5.57 Å². The average Bonchev–Trinajstić information content (AvgIpc) is 2.79. The van der Waals surface area contributed by atoms with Crippen molar-refractivity contribution in [1.29, 1.82) is 0 Å². The summed E-state index contributed by atoms with van der Waals surface area (Å²) in [5.41, 5.74) is 2.75. The second-order valence-corrected chi connectivity index (χ2v) is 8.35. The number of nitrogens with zero attached hydrogens (tertiary/aromatic N) is 4. The fourth-order valence-electron chi connectivity index (χ4n) is 4.11. The zero-order valence-corrected chi connectivity index (χ0v) is 18.3. The normalized spacial score (nSPS) is 17.8. The molecule has 1 aromatic heterocycles. The molecule has 0 spiro atoms. The number of anilines is 1. The molecular formula is C24H25F3N4O2. The third kappa shape index (κ3) is 5.42. The van der Waals surface area contributed by atoms with E-state index in [1.54, 1.807) is 9.80 Å². The summed E-state index contributed by atoms with van der Waals surface area (Å²) in [4.78, 5) is 34.0. The Morgan fingerprint density at radius 3 is 2.55 bits per heavy atom. The van der Waals surface area contributed by atoms with Crippen LogP contribution >= 0.6 is 0 Å². The van der Waals surface area contributed by atoms with Crippen molar-refractivity contribution in [3.63, 3.8) is 0 Å². The summed E-state index contributed by atoms with van der Waals surface area (Å²) in [6.07, 6.45) is -0.885. The van der Waals surface area contributed by atoms with E-state index in [9.17, 15) is 22.8 Å². The summed E-state index contributed by atoms with van der Waals surface area (Å²) in [7, 11) is 0. The third-order valence-corrected chi connectivity index (χ3v) is 5.96. The summed E-state index contributed by atoms with van der Waals surface area (Å²) >= 11 is 0. The van der Waals surface area contributed by atoms with Crippen LogP contribution in [0.3, 0.4) is 0 Å². The number of pyridine rings is 1. The van der Waals surface area contributed by atoms with Gasteiger partial charge in [0.2, 0.25) is 11.8 Å². The van der Waals surface area contributed by atoms with E-state index in [4.69, 9.17) is 0 Å². The van der Waals surface area contributed by atoms with Gasteiger partial charge in [-0.05, 0) is 36.6 Å². The average molecular weight is 458 g/mol. The van der Waals surface area contributed by atoms with Crippen LogP contribution in [0.15, 0.2) is 48.7 Å². The van der Waals surface area contributed by atoms with E-state index in [0.717, 1.165) is 18.7 Å². The Balaban J connectivity index is 1.30. The summed E-state index contributed by atoms with van der Waals surface area (Å²) in [6.45, 7) is 4.07. The molecule has 9 heteroatoms. The molecule has 33 heavy (non-hydrogen) atoms. The summed E-state index contributed by atoms with van der Waals surface area (Å²) in [6, 6.07) is 10.4. The molecule has 0 saturated carbocycles. The second-order valence-electron chi connectivity index (χ2n) is 8.35. The minimum atomic E-state index is -4.47. The van der Waals surface area contributed by atoms with Crippen molar-refractivity contribution < 1.29 is 22.8 Å². The lowest BCUT2D eigenvalue weighted by Crippen LogP contribution is -2.53. The van der Waals surface area contributed by atoms with Crippen molar-refractivity contribution in [3.05, 3.63) is 65.4 Å². The largest absolute Gasteiger partial charge is 0.417 e. The van der Waals surface area contributed by atoms with E-state index in [1.165, 1.54) is 27.7 Å². The fourth-order valence-corrected chi connectivity index (χ4v) is 4.11.